The fourth-order valence-corrected chi connectivity index (χ4v) is 5.77. The van der Waals surface area contributed by atoms with Crippen LogP contribution >= 0.6 is 11.3 Å². The average Bonchev–Trinajstić information content (AvgIpc) is 3.34. The highest BCUT2D eigenvalue weighted by molar-refractivity contribution is 7.89. The number of hydrogen-bond acceptors (Lipinski definition) is 8. The van der Waals surface area contributed by atoms with Crippen molar-refractivity contribution in [3.63, 3.8) is 0 Å². The van der Waals surface area contributed by atoms with E-state index in [1.54, 1.807) is 26.0 Å². The lowest BCUT2D eigenvalue weighted by Crippen LogP contribution is -2.36. The highest BCUT2D eigenvalue weighted by Crippen LogP contribution is 2.32. The van der Waals surface area contributed by atoms with Gasteiger partial charge in [-0.05, 0) is 26.0 Å². The molecule has 1 aliphatic heterocycles. The summed E-state index contributed by atoms with van der Waals surface area (Å²) < 4.78 is 37.4. The number of aryl methyl sites for hydroxylation is 2. The number of aromatic nitrogens is 2. The number of nitrogens with zero attached hydrogens (tertiary/aromatic N) is 3. The Kier molecular flexibility index (Phi) is 4.36. The molecule has 3 aromatic rings. The highest BCUT2D eigenvalue weighted by Gasteiger charge is 2.34. The minimum absolute atomic E-state index is 0.113. The molecule has 0 aromatic carbocycles. The van der Waals surface area contributed by atoms with E-state index in [1.165, 1.54) is 21.9 Å². The van der Waals surface area contributed by atoms with Gasteiger partial charge in [0, 0.05) is 17.8 Å². The van der Waals surface area contributed by atoms with Gasteiger partial charge in [0.25, 0.3) is 5.91 Å². The van der Waals surface area contributed by atoms with Crippen molar-refractivity contribution in [2.75, 3.05) is 11.9 Å². The number of furan rings is 1. The van der Waals surface area contributed by atoms with Crippen LogP contribution in [-0.4, -0.2) is 35.3 Å². The molecule has 11 heteroatoms. The first-order chi connectivity index (χ1) is 12.9. The zero-order valence-corrected chi connectivity index (χ0v) is 16.2. The summed E-state index contributed by atoms with van der Waals surface area (Å²) in [5.41, 5.74) is 1.13. The quantitative estimate of drug-likeness (QED) is 0.704. The van der Waals surface area contributed by atoms with E-state index >= 15 is 0 Å². The van der Waals surface area contributed by atoms with Gasteiger partial charge in [0.2, 0.25) is 10.0 Å². The van der Waals surface area contributed by atoms with Crippen LogP contribution < -0.4 is 5.32 Å². The largest absolute Gasteiger partial charge is 0.459 e. The molecule has 27 heavy (non-hydrogen) atoms. The number of anilines is 1. The lowest BCUT2D eigenvalue weighted by Gasteiger charge is -2.25. The van der Waals surface area contributed by atoms with Crippen molar-refractivity contribution in [1.29, 1.82) is 0 Å². The van der Waals surface area contributed by atoms with Crippen LogP contribution in [0.4, 0.5) is 5.13 Å². The Labute approximate surface area is 159 Å². The Balaban J connectivity index is 1.55. The molecule has 0 saturated carbocycles. The molecule has 142 valence electrons. The summed E-state index contributed by atoms with van der Waals surface area (Å²) in [6.07, 6.45) is 1.88. The summed E-state index contributed by atoms with van der Waals surface area (Å²) in [6, 6.07) is 3.18. The van der Waals surface area contributed by atoms with Crippen LogP contribution in [0.15, 0.2) is 32.2 Å². The number of rotatable bonds is 4. The van der Waals surface area contributed by atoms with Crippen LogP contribution in [0.25, 0.3) is 0 Å². The normalized spacial score (nSPS) is 14.9. The van der Waals surface area contributed by atoms with Crippen LogP contribution in [0.3, 0.4) is 0 Å². The van der Waals surface area contributed by atoms with Gasteiger partial charge in [0.15, 0.2) is 16.7 Å². The monoisotopic (exact) mass is 408 g/mol. The van der Waals surface area contributed by atoms with E-state index in [1.807, 2.05) is 0 Å². The zero-order chi connectivity index (χ0) is 19.2. The zero-order valence-electron chi connectivity index (χ0n) is 14.6. The Hall–Kier alpha value is -2.50. The number of hydrogen-bond donors (Lipinski definition) is 1. The van der Waals surface area contributed by atoms with Crippen molar-refractivity contribution in [1.82, 2.24) is 14.4 Å². The van der Waals surface area contributed by atoms with Gasteiger partial charge in [-0.15, -0.1) is 11.3 Å². The summed E-state index contributed by atoms with van der Waals surface area (Å²) in [5.74, 6) is 0.0612. The van der Waals surface area contributed by atoms with Gasteiger partial charge in [0.05, 0.1) is 18.5 Å². The smallest absolute Gasteiger partial charge is 0.293 e. The molecule has 0 atom stereocenters. The molecule has 0 radical (unpaired) electrons. The molecule has 0 saturated heterocycles. The molecule has 3 aromatic heterocycles. The summed E-state index contributed by atoms with van der Waals surface area (Å²) in [5, 5.41) is 6.83. The van der Waals surface area contributed by atoms with Gasteiger partial charge < -0.3 is 8.94 Å². The minimum Gasteiger partial charge on any atom is -0.459 e. The van der Waals surface area contributed by atoms with Gasteiger partial charge in [-0.1, -0.05) is 5.16 Å². The maximum Gasteiger partial charge on any atom is 0.293 e. The first-order valence-electron chi connectivity index (χ1n) is 8.12. The Morgan fingerprint density at radius 3 is 2.85 bits per heavy atom. The van der Waals surface area contributed by atoms with E-state index in [0.29, 0.717) is 23.8 Å². The van der Waals surface area contributed by atoms with Crippen molar-refractivity contribution < 1.29 is 22.2 Å². The predicted octanol–water partition coefficient (Wildman–Crippen LogP) is 2.34. The molecule has 0 unspecified atom stereocenters. The van der Waals surface area contributed by atoms with Crippen LogP contribution in [0.2, 0.25) is 0 Å². The molecule has 1 N–H and O–H groups in total. The van der Waals surface area contributed by atoms with E-state index in [0.717, 1.165) is 10.6 Å². The first-order valence-corrected chi connectivity index (χ1v) is 10.4. The number of carbonyl (C=O) groups excluding carboxylic acids is 1. The van der Waals surface area contributed by atoms with Gasteiger partial charge in [-0.25, -0.2) is 13.4 Å². The molecule has 1 aliphatic rings. The van der Waals surface area contributed by atoms with Crippen LogP contribution in [0.5, 0.6) is 0 Å². The van der Waals surface area contributed by atoms with E-state index < -0.39 is 15.9 Å². The summed E-state index contributed by atoms with van der Waals surface area (Å²) >= 11 is 1.26. The van der Waals surface area contributed by atoms with Crippen LogP contribution in [0, 0.1) is 13.8 Å². The topological polar surface area (TPSA) is 119 Å². The molecule has 0 aliphatic carbocycles. The van der Waals surface area contributed by atoms with Gasteiger partial charge in [-0.3, -0.25) is 10.1 Å². The summed E-state index contributed by atoms with van der Waals surface area (Å²) in [4.78, 5) is 17.4. The fraction of sp³-hybridized carbons (Fsp3) is 0.312. The third-order valence-electron chi connectivity index (χ3n) is 4.23. The van der Waals surface area contributed by atoms with Gasteiger partial charge in [-0.2, -0.15) is 4.31 Å². The predicted molar refractivity (Wildman–Crippen MR) is 96.1 cm³/mol. The highest BCUT2D eigenvalue weighted by atomic mass is 32.2. The maximum atomic E-state index is 13.0. The number of nitrogens with one attached hydrogen (secondary N) is 1. The molecular formula is C16H16N4O5S2. The Morgan fingerprint density at radius 1 is 1.37 bits per heavy atom. The lowest BCUT2D eigenvalue weighted by atomic mass is 10.2. The standard InChI is InChI=1S/C16H16N4O5S2/c1-9-14(10(2)25-19-9)27(22,23)20-6-5-11-13(8-20)26-16(17-11)18-15(21)12-4-3-7-24-12/h3-4,7H,5-6,8H2,1-2H3,(H,17,18,21). The van der Waals surface area contributed by atoms with Crippen molar-refractivity contribution in [2.45, 2.75) is 31.7 Å². The second kappa shape index (κ2) is 6.59. The Morgan fingerprint density at radius 2 is 2.19 bits per heavy atom. The van der Waals surface area contributed by atoms with E-state index in [-0.39, 0.29) is 23.0 Å². The fourth-order valence-electron chi connectivity index (χ4n) is 2.97. The molecular weight excluding hydrogens is 392 g/mol. The van der Waals surface area contributed by atoms with E-state index in [4.69, 9.17) is 8.94 Å². The number of thiazole rings is 1. The Bertz CT molecular complexity index is 1080. The van der Waals surface area contributed by atoms with Crippen molar-refractivity contribution in [2.24, 2.45) is 0 Å². The second-order valence-electron chi connectivity index (χ2n) is 6.06. The number of amides is 1. The van der Waals surface area contributed by atoms with Gasteiger partial charge >= 0.3 is 0 Å². The molecule has 4 rings (SSSR count). The van der Waals surface area contributed by atoms with Crippen molar-refractivity contribution >= 4 is 32.4 Å². The van der Waals surface area contributed by atoms with Crippen molar-refractivity contribution in [3.05, 3.63) is 46.2 Å². The first kappa shape index (κ1) is 17.9. The summed E-state index contributed by atoms with van der Waals surface area (Å²) in [7, 11) is -3.72. The SMILES string of the molecule is Cc1noc(C)c1S(=O)(=O)N1CCc2nc(NC(=O)c3ccco3)sc2C1. The molecule has 1 amide bonds. The maximum absolute atomic E-state index is 13.0. The molecule has 9 nitrogen and oxygen atoms in total. The molecule has 0 fully saturated rings. The van der Waals surface area contributed by atoms with E-state index in [9.17, 15) is 13.2 Å². The molecule has 0 bridgehead atoms. The van der Waals surface area contributed by atoms with Crippen LogP contribution in [0.1, 0.15) is 32.6 Å². The van der Waals surface area contributed by atoms with Crippen molar-refractivity contribution in [3.8, 4) is 0 Å². The van der Waals surface area contributed by atoms with Crippen LogP contribution in [-0.2, 0) is 23.0 Å². The average molecular weight is 408 g/mol. The number of fused-ring (bicyclic) bond motifs is 1. The number of sulfonamides is 1. The third kappa shape index (κ3) is 3.17. The summed E-state index contributed by atoms with van der Waals surface area (Å²) in [6.45, 7) is 3.68. The molecule has 0 spiro atoms. The third-order valence-corrected chi connectivity index (χ3v) is 7.32. The minimum atomic E-state index is -3.72. The molecule has 4 heterocycles. The lowest BCUT2D eigenvalue weighted by molar-refractivity contribution is 0.0996. The van der Waals surface area contributed by atoms with Gasteiger partial charge in [0.1, 0.15) is 10.6 Å². The second-order valence-corrected chi connectivity index (χ2v) is 9.02. The van der Waals surface area contributed by atoms with E-state index in [2.05, 4.69) is 15.5 Å². The number of carbonyl (C=O) groups is 1.